The number of hydrogen-bond acceptors (Lipinski definition) is 3. The van der Waals surface area contributed by atoms with Crippen molar-refractivity contribution < 1.29 is 14.3 Å². The van der Waals surface area contributed by atoms with Gasteiger partial charge in [-0.25, -0.2) is 0 Å². The molecule has 0 fully saturated rings. The molecule has 4 heteroatoms. The highest BCUT2D eigenvalue weighted by atomic mass is 79.9. The monoisotopic (exact) mass is 348 g/mol. The van der Waals surface area contributed by atoms with Gasteiger partial charge >= 0.3 is 0 Å². The first-order chi connectivity index (χ1) is 10.0. The van der Waals surface area contributed by atoms with Gasteiger partial charge in [0.15, 0.2) is 6.61 Å². The lowest BCUT2D eigenvalue weighted by molar-refractivity contribution is 0.0918. The molecule has 2 aromatic carbocycles. The van der Waals surface area contributed by atoms with Crippen LogP contribution in [-0.2, 0) is 0 Å². The molecule has 0 saturated carbocycles. The number of carbonyl (C=O) groups is 1. The minimum absolute atomic E-state index is 0.0267. The third kappa shape index (κ3) is 3.85. The molecular formula is C17H17BrO3. The van der Waals surface area contributed by atoms with Crippen molar-refractivity contribution in [3.63, 3.8) is 0 Å². The van der Waals surface area contributed by atoms with Gasteiger partial charge in [-0.15, -0.1) is 0 Å². The van der Waals surface area contributed by atoms with Crippen LogP contribution in [-0.4, -0.2) is 19.5 Å². The average Bonchev–Trinajstić information content (AvgIpc) is 2.45. The molecular weight excluding hydrogens is 332 g/mol. The lowest BCUT2D eigenvalue weighted by Gasteiger charge is -2.11. The molecule has 0 spiro atoms. The molecule has 110 valence electrons. The Labute approximate surface area is 133 Å². The van der Waals surface area contributed by atoms with E-state index in [4.69, 9.17) is 9.47 Å². The first kappa shape index (κ1) is 15.6. The number of rotatable bonds is 5. The molecule has 0 N–H and O–H groups in total. The van der Waals surface area contributed by atoms with Crippen LogP contribution in [0.25, 0.3) is 0 Å². The van der Waals surface area contributed by atoms with Gasteiger partial charge in [-0.2, -0.15) is 0 Å². The van der Waals surface area contributed by atoms with E-state index in [2.05, 4.69) is 15.9 Å². The van der Waals surface area contributed by atoms with Gasteiger partial charge in [0, 0.05) is 0 Å². The molecule has 0 aliphatic carbocycles. The van der Waals surface area contributed by atoms with Crippen molar-refractivity contribution in [1.29, 1.82) is 0 Å². The van der Waals surface area contributed by atoms with E-state index in [1.165, 1.54) is 0 Å². The fourth-order valence-corrected chi connectivity index (χ4v) is 2.58. The van der Waals surface area contributed by atoms with Gasteiger partial charge < -0.3 is 9.47 Å². The molecule has 0 amide bonds. The molecule has 0 radical (unpaired) electrons. The fraction of sp³-hybridized carbons (Fsp3) is 0.235. The minimum Gasteiger partial charge on any atom is -0.496 e. The Bertz CT molecular complexity index is 665. The molecule has 3 nitrogen and oxygen atoms in total. The standard InChI is InChI=1S/C17H17BrO3/c1-11-5-7-16(14(18)8-11)21-10-15(19)13-6-4-12(2)9-17(13)20-3/h4-9H,10H2,1-3H3. The highest BCUT2D eigenvalue weighted by molar-refractivity contribution is 9.10. The predicted octanol–water partition coefficient (Wildman–Crippen LogP) is 4.34. The second-order valence-corrected chi connectivity index (χ2v) is 5.70. The maximum Gasteiger partial charge on any atom is 0.203 e. The first-order valence-corrected chi connectivity index (χ1v) is 7.37. The second kappa shape index (κ2) is 6.76. The Balaban J connectivity index is 2.11. The summed E-state index contributed by atoms with van der Waals surface area (Å²) in [4.78, 5) is 12.3. The SMILES string of the molecule is COc1cc(C)ccc1C(=O)COc1ccc(C)cc1Br. The summed E-state index contributed by atoms with van der Waals surface area (Å²) >= 11 is 3.43. The number of Topliss-reactive ketones (excluding diaryl/α,β-unsaturated/α-hetero) is 1. The van der Waals surface area contributed by atoms with Crippen molar-refractivity contribution in [1.82, 2.24) is 0 Å². The van der Waals surface area contributed by atoms with Crippen LogP contribution in [0.3, 0.4) is 0 Å². The van der Waals surface area contributed by atoms with Crippen LogP contribution < -0.4 is 9.47 Å². The van der Waals surface area contributed by atoms with E-state index in [9.17, 15) is 4.79 Å². The van der Waals surface area contributed by atoms with Crippen molar-refractivity contribution in [2.24, 2.45) is 0 Å². The third-order valence-electron chi connectivity index (χ3n) is 3.10. The van der Waals surface area contributed by atoms with Gasteiger partial charge in [0.05, 0.1) is 17.1 Å². The van der Waals surface area contributed by atoms with Crippen LogP contribution in [0.15, 0.2) is 40.9 Å². The molecule has 0 aliphatic rings. The summed E-state index contributed by atoms with van der Waals surface area (Å²) in [6.07, 6.45) is 0. The predicted molar refractivity (Wildman–Crippen MR) is 86.4 cm³/mol. The Morgan fingerprint density at radius 1 is 1.05 bits per heavy atom. The summed E-state index contributed by atoms with van der Waals surface area (Å²) in [5.74, 6) is 1.12. The van der Waals surface area contributed by atoms with Crippen LogP contribution in [0.2, 0.25) is 0 Å². The number of ketones is 1. The van der Waals surface area contributed by atoms with Crippen LogP contribution >= 0.6 is 15.9 Å². The van der Waals surface area contributed by atoms with E-state index < -0.39 is 0 Å². The lowest BCUT2D eigenvalue weighted by Crippen LogP contribution is -2.13. The summed E-state index contributed by atoms with van der Waals surface area (Å²) in [5.41, 5.74) is 2.71. The fourth-order valence-electron chi connectivity index (χ4n) is 1.97. The van der Waals surface area contributed by atoms with Crippen LogP contribution in [0, 0.1) is 13.8 Å². The lowest BCUT2D eigenvalue weighted by atomic mass is 10.1. The van der Waals surface area contributed by atoms with Crippen molar-refractivity contribution >= 4 is 21.7 Å². The van der Waals surface area contributed by atoms with Crippen LogP contribution in [0.4, 0.5) is 0 Å². The number of hydrogen-bond donors (Lipinski definition) is 0. The Morgan fingerprint density at radius 2 is 1.71 bits per heavy atom. The number of carbonyl (C=O) groups excluding carboxylic acids is 1. The summed E-state index contributed by atoms with van der Waals surface area (Å²) in [6.45, 7) is 3.93. The van der Waals surface area contributed by atoms with Gasteiger partial charge in [0.1, 0.15) is 11.5 Å². The smallest absolute Gasteiger partial charge is 0.203 e. The van der Waals surface area contributed by atoms with E-state index in [0.717, 1.165) is 15.6 Å². The number of aryl methyl sites for hydroxylation is 2. The Hall–Kier alpha value is -1.81. The summed E-state index contributed by atoms with van der Waals surface area (Å²) in [6, 6.07) is 11.2. The molecule has 0 heterocycles. The molecule has 0 atom stereocenters. The normalized spacial score (nSPS) is 10.3. The van der Waals surface area contributed by atoms with E-state index in [1.54, 1.807) is 13.2 Å². The quantitative estimate of drug-likeness (QED) is 0.754. The number of ether oxygens (including phenoxy) is 2. The van der Waals surface area contributed by atoms with Crippen LogP contribution in [0.5, 0.6) is 11.5 Å². The molecule has 2 rings (SSSR count). The van der Waals surface area contributed by atoms with Gasteiger partial charge in [-0.05, 0) is 65.2 Å². The first-order valence-electron chi connectivity index (χ1n) is 6.58. The number of methoxy groups -OCH3 is 1. The zero-order valence-corrected chi connectivity index (χ0v) is 13.9. The summed E-state index contributed by atoms with van der Waals surface area (Å²) in [5, 5.41) is 0. The topological polar surface area (TPSA) is 35.5 Å². The van der Waals surface area contributed by atoms with Gasteiger partial charge in [-0.1, -0.05) is 12.1 Å². The minimum atomic E-state index is -0.112. The molecule has 2 aromatic rings. The summed E-state index contributed by atoms with van der Waals surface area (Å²) in [7, 11) is 1.56. The maximum atomic E-state index is 12.3. The van der Waals surface area contributed by atoms with E-state index in [0.29, 0.717) is 17.1 Å². The average molecular weight is 349 g/mol. The van der Waals surface area contributed by atoms with Crippen molar-refractivity contribution in [2.45, 2.75) is 13.8 Å². The number of benzene rings is 2. The van der Waals surface area contributed by atoms with Crippen molar-refractivity contribution in [3.05, 3.63) is 57.6 Å². The Kier molecular flexibility index (Phi) is 5.02. The third-order valence-corrected chi connectivity index (χ3v) is 3.72. The van der Waals surface area contributed by atoms with Gasteiger partial charge in [0.2, 0.25) is 5.78 Å². The zero-order valence-electron chi connectivity index (χ0n) is 12.3. The summed E-state index contributed by atoms with van der Waals surface area (Å²) < 4.78 is 11.7. The largest absolute Gasteiger partial charge is 0.496 e. The molecule has 0 aromatic heterocycles. The molecule has 21 heavy (non-hydrogen) atoms. The molecule has 0 bridgehead atoms. The molecule has 0 unspecified atom stereocenters. The second-order valence-electron chi connectivity index (χ2n) is 4.85. The highest BCUT2D eigenvalue weighted by Crippen LogP contribution is 2.26. The van der Waals surface area contributed by atoms with Crippen molar-refractivity contribution in [3.8, 4) is 11.5 Å². The van der Waals surface area contributed by atoms with Crippen LogP contribution in [0.1, 0.15) is 21.5 Å². The molecule has 0 aliphatic heterocycles. The zero-order chi connectivity index (χ0) is 15.4. The van der Waals surface area contributed by atoms with Crippen molar-refractivity contribution in [2.75, 3.05) is 13.7 Å². The number of halogens is 1. The van der Waals surface area contributed by atoms with Gasteiger partial charge in [-0.3, -0.25) is 4.79 Å². The Morgan fingerprint density at radius 3 is 2.38 bits per heavy atom. The van der Waals surface area contributed by atoms with E-state index >= 15 is 0 Å². The van der Waals surface area contributed by atoms with E-state index in [-0.39, 0.29) is 12.4 Å². The highest BCUT2D eigenvalue weighted by Gasteiger charge is 2.13. The van der Waals surface area contributed by atoms with E-state index in [1.807, 2.05) is 44.2 Å². The maximum absolute atomic E-state index is 12.3. The van der Waals surface area contributed by atoms with Gasteiger partial charge in [0.25, 0.3) is 0 Å². The molecule has 0 saturated heterocycles.